The van der Waals surface area contributed by atoms with Crippen LogP contribution in [0.2, 0.25) is 0 Å². The topological polar surface area (TPSA) is 79.2 Å². The highest BCUT2D eigenvalue weighted by Gasteiger charge is 2.15. The zero-order chi connectivity index (χ0) is 30.2. The van der Waals surface area contributed by atoms with Gasteiger partial charge in [0.1, 0.15) is 0 Å². The fourth-order valence-corrected chi connectivity index (χ4v) is 5.39. The molecule has 0 fully saturated rings. The van der Waals surface area contributed by atoms with Gasteiger partial charge in [-0.25, -0.2) is 0 Å². The predicted molar refractivity (Wildman–Crippen MR) is 173 cm³/mol. The molecule has 0 bridgehead atoms. The SMILES string of the molecule is CCCCCCCCC(CCCCCCCC)OC(O)CCCCCCCN(CCO)CCCC(=O)OCCCC. The summed E-state index contributed by atoms with van der Waals surface area (Å²) in [5.41, 5.74) is 0. The molecule has 6 heteroatoms. The number of aliphatic hydroxyl groups excluding tert-OH is 2. The molecule has 0 aromatic carbocycles. The Labute approximate surface area is 255 Å². The second-order valence-electron chi connectivity index (χ2n) is 12.1. The van der Waals surface area contributed by atoms with Crippen molar-refractivity contribution in [1.82, 2.24) is 4.90 Å². The molecule has 0 amide bonds. The van der Waals surface area contributed by atoms with Gasteiger partial charge < -0.3 is 24.6 Å². The monoisotopic (exact) mass is 586 g/mol. The molecule has 0 aromatic heterocycles. The van der Waals surface area contributed by atoms with Crippen LogP contribution in [0.5, 0.6) is 0 Å². The van der Waals surface area contributed by atoms with Crippen molar-refractivity contribution in [2.75, 3.05) is 32.8 Å². The maximum Gasteiger partial charge on any atom is 0.305 e. The van der Waals surface area contributed by atoms with Gasteiger partial charge in [0.05, 0.1) is 19.3 Å². The molecule has 1 unspecified atom stereocenters. The van der Waals surface area contributed by atoms with Crippen molar-refractivity contribution in [3.05, 3.63) is 0 Å². The van der Waals surface area contributed by atoms with E-state index in [1.165, 1.54) is 77.0 Å². The van der Waals surface area contributed by atoms with Crippen LogP contribution in [-0.2, 0) is 14.3 Å². The Hall–Kier alpha value is -0.690. The van der Waals surface area contributed by atoms with Gasteiger partial charge in [-0.1, -0.05) is 124 Å². The normalized spacial score (nSPS) is 12.5. The largest absolute Gasteiger partial charge is 0.466 e. The van der Waals surface area contributed by atoms with Gasteiger partial charge in [-0.3, -0.25) is 4.79 Å². The van der Waals surface area contributed by atoms with Crippen LogP contribution in [0.25, 0.3) is 0 Å². The number of hydrogen-bond acceptors (Lipinski definition) is 6. The fraction of sp³-hybridized carbons (Fsp3) is 0.971. The van der Waals surface area contributed by atoms with Crippen molar-refractivity contribution in [1.29, 1.82) is 0 Å². The number of carbonyl (C=O) groups is 1. The third-order valence-electron chi connectivity index (χ3n) is 8.07. The minimum Gasteiger partial charge on any atom is -0.466 e. The Morgan fingerprint density at radius 1 is 0.610 bits per heavy atom. The summed E-state index contributed by atoms with van der Waals surface area (Å²) in [5, 5.41) is 20.0. The van der Waals surface area contributed by atoms with Crippen LogP contribution in [0.1, 0.15) is 175 Å². The predicted octanol–water partition coefficient (Wildman–Crippen LogP) is 8.95. The van der Waals surface area contributed by atoms with Crippen LogP contribution in [0.4, 0.5) is 0 Å². The quantitative estimate of drug-likeness (QED) is 0.0455. The standard InChI is InChI=1S/C35H71NO5/c1-4-7-10-12-15-19-24-33(25-20-16-13-11-8-5-2)41-35(39)26-21-17-14-18-22-28-36(30-31-37)29-23-27-34(38)40-32-9-6-3/h33,35,37,39H,4-32H2,1-3H3. The van der Waals surface area contributed by atoms with Gasteiger partial charge in [-0.15, -0.1) is 0 Å². The highest BCUT2D eigenvalue weighted by molar-refractivity contribution is 5.69. The molecule has 0 aliphatic rings. The number of esters is 1. The van der Waals surface area contributed by atoms with E-state index in [0.717, 1.165) is 83.7 Å². The molecule has 0 saturated carbocycles. The van der Waals surface area contributed by atoms with E-state index < -0.39 is 6.29 Å². The first kappa shape index (κ1) is 40.3. The molecule has 0 rings (SSSR count). The molecular weight excluding hydrogens is 514 g/mol. The Bertz CT molecular complexity index is 517. The summed E-state index contributed by atoms with van der Waals surface area (Å²) in [5.74, 6) is -0.107. The highest BCUT2D eigenvalue weighted by Crippen LogP contribution is 2.19. The van der Waals surface area contributed by atoms with Crippen LogP contribution in [0, 0.1) is 0 Å². The molecule has 0 saturated heterocycles. The van der Waals surface area contributed by atoms with Crippen molar-refractivity contribution in [3.8, 4) is 0 Å². The summed E-state index contributed by atoms with van der Waals surface area (Å²) in [6.07, 6.45) is 26.8. The van der Waals surface area contributed by atoms with Crippen LogP contribution < -0.4 is 0 Å². The van der Waals surface area contributed by atoms with E-state index >= 15 is 0 Å². The van der Waals surface area contributed by atoms with E-state index in [0.29, 0.717) is 19.6 Å². The first-order chi connectivity index (χ1) is 20.1. The Morgan fingerprint density at radius 3 is 1.66 bits per heavy atom. The lowest BCUT2D eigenvalue weighted by Crippen LogP contribution is -2.29. The molecule has 0 aliphatic heterocycles. The maximum atomic E-state index is 11.8. The van der Waals surface area contributed by atoms with Crippen molar-refractivity contribution < 1.29 is 24.5 Å². The van der Waals surface area contributed by atoms with Crippen molar-refractivity contribution in [3.63, 3.8) is 0 Å². The molecule has 2 N–H and O–H groups in total. The summed E-state index contributed by atoms with van der Waals surface area (Å²) < 4.78 is 11.4. The van der Waals surface area contributed by atoms with Gasteiger partial charge in [0.25, 0.3) is 0 Å². The minimum atomic E-state index is -0.631. The zero-order valence-electron chi connectivity index (χ0n) is 27.7. The number of ether oxygens (including phenoxy) is 2. The van der Waals surface area contributed by atoms with E-state index in [1.807, 2.05) is 0 Å². The molecule has 0 spiro atoms. The van der Waals surface area contributed by atoms with Crippen LogP contribution in [0.3, 0.4) is 0 Å². The van der Waals surface area contributed by atoms with Gasteiger partial charge in [0, 0.05) is 13.0 Å². The van der Waals surface area contributed by atoms with Gasteiger partial charge in [0.2, 0.25) is 0 Å². The molecule has 0 heterocycles. The molecule has 0 radical (unpaired) electrons. The third kappa shape index (κ3) is 29.2. The molecule has 1 atom stereocenters. The lowest BCUT2D eigenvalue weighted by Gasteiger charge is -2.22. The Balaban J connectivity index is 4.09. The number of unbranched alkanes of at least 4 members (excludes halogenated alkanes) is 15. The lowest BCUT2D eigenvalue weighted by atomic mass is 10.0. The molecule has 0 aromatic rings. The summed E-state index contributed by atoms with van der Waals surface area (Å²) in [6, 6.07) is 0. The summed E-state index contributed by atoms with van der Waals surface area (Å²) in [7, 11) is 0. The molecule has 246 valence electrons. The number of nitrogens with zero attached hydrogens (tertiary/aromatic N) is 1. The van der Waals surface area contributed by atoms with Gasteiger partial charge in [0.15, 0.2) is 6.29 Å². The Morgan fingerprint density at radius 2 is 1.10 bits per heavy atom. The average Bonchev–Trinajstić information content (AvgIpc) is 2.96. The third-order valence-corrected chi connectivity index (χ3v) is 8.07. The first-order valence-corrected chi connectivity index (χ1v) is 17.9. The van der Waals surface area contributed by atoms with Gasteiger partial charge >= 0.3 is 5.97 Å². The number of hydrogen-bond donors (Lipinski definition) is 2. The van der Waals surface area contributed by atoms with E-state index in [-0.39, 0.29) is 18.7 Å². The van der Waals surface area contributed by atoms with E-state index in [9.17, 15) is 15.0 Å². The van der Waals surface area contributed by atoms with Gasteiger partial charge in [-0.2, -0.15) is 0 Å². The van der Waals surface area contributed by atoms with Crippen molar-refractivity contribution in [2.24, 2.45) is 0 Å². The van der Waals surface area contributed by atoms with Crippen LogP contribution in [-0.4, -0.2) is 66.3 Å². The minimum absolute atomic E-state index is 0.107. The first-order valence-electron chi connectivity index (χ1n) is 17.9. The summed E-state index contributed by atoms with van der Waals surface area (Å²) >= 11 is 0. The average molecular weight is 586 g/mol. The van der Waals surface area contributed by atoms with Crippen molar-refractivity contribution >= 4 is 5.97 Å². The number of aliphatic hydroxyl groups is 2. The Kier molecular flexibility index (Phi) is 31.7. The second kappa shape index (κ2) is 32.2. The summed E-state index contributed by atoms with van der Waals surface area (Å²) in [6.45, 7) is 9.73. The molecule has 41 heavy (non-hydrogen) atoms. The van der Waals surface area contributed by atoms with E-state index in [1.54, 1.807) is 0 Å². The summed E-state index contributed by atoms with van der Waals surface area (Å²) in [4.78, 5) is 14.0. The maximum absolute atomic E-state index is 11.8. The van der Waals surface area contributed by atoms with Crippen molar-refractivity contribution in [2.45, 2.75) is 187 Å². The second-order valence-corrected chi connectivity index (χ2v) is 12.1. The van der Waals surface area contributed by atoms with Crippen LogP contribution >= 0.6 is 0 Å². The fourth-order valence-electron chi connectivity index (χ4n) is 5.39. The van der Waals surface area contributed by atoms with E-state index in [4.69, 9.17) is 9.47 Å². The number of rotatable bonds is 33. The number of carbonyl (C=O) groups excluding carboxylic acids is 1. The molecular formula is C35H71NO5. The lowest BCUT2D eigenvalue weighted by molar-refractivity contribution is -0.144. The smallest absolute Gasteiger partial charge is 0.305 e. The molecule has 6 nitrogen and oxygen atoms in total. The highest BCUT2D eigenvalue weighted by atomic mass is 16.6. The molecule has 0 aliphatic carbocycles. The van der Waals surface area contributed by atoms with Crippen LogP contribution in [0.15, 0.2) is 0 Å². The van der Waals surface area contributed by atoms with E-state index in [2.05, 4.69) is 25.7 Å². The van der Waals surface area contributed by atoms with Gasteiger partial charge in [-0.05, 0) is 58.0 Å². The zero-order valence-corrected chi connectivity index (χ0v) is 27.7.